The van der Waals surface area contributed by atoms with E-state index in [4.69, 9.17) is 5.73 Å². The number of hydrogen-bond donors (Lipinski definition) is 1. The summed E-state index contributed by atoms with van der Waals surface area (Å²) in [5, 5.41) is 0. The molecular weight excluding hydrogens is 150 g/mol. The Morgan fingerprint density at radius 3 is 3.17 bits per heavy atom. The monoisotopic (exact) mass is 167 g/mol. The fraction of sp³-hybridized carbons (Fsp3) is 0.889. The van der Waals surface area contributed by atoms with Crippen molar-refractivity contribution in [3.63, 3.8) is 0 Å². The highest BCUT2D eigenvalue weighted by Gasteiger charge is 2.34. The Balaban J connectivity index is 1.99. The molecule has 1 aliphatic heterocycles. The van der Waals surface area contributed by atoms with Crippen LogP contribution in [0.4, 0.5) is 0 Å². The normalized spacial score (nSPS) is 40.2. The van der Waals surface area contributed by atoms with Gasteiger partial charge < -0.3 is 10.6 Å². The number of likely N-dealkylation sites (N-methyl/N-ethyl adjacent to an activating group) is 1. The zero-order valence-corrected chi connectivity index (χ0v) is 7.61. The molecule has 0 amide bonds. The molecule has 1 fully saturated rings. The molecule has 2 N–H and O–H groups in total. The molecule has 1 saturated carbocycles. The summed E-state index contributed by atoms with van der Waals surface area (Å²) in [6.07, 6.45) is 5.73. The van der Waals surface area contributed by atoms with Crippen molar-refractivity contribution >= 4 is 6.34 Å². The third-order valence-corrected chi connectivity index (χ3v) is 3.19. The van der Waals surface area contributed by atoms with Gasteiger partial charge in [0, 0.05) is 7.05 Å². The Hall–Kier alpha value is -0.570. The largest absolute Gasteiger partial charge is 0.361 e. The zero-order valence-electron chi connectivity index (χ0n) is 7.61. The molecule has 0 bridgehead atoms. The zero-order chi connectivity index (χ0) is 8.55. The average Bonchev–Trinajstić information content (AvgIpc) is 2.47. The lowest BCUT2D eigenvalue weighted by atomic mass is 9.83. The number of aliphatic imine (C=N–C) groups is 1. The van der Waals surface area contributed by atoms with Crippen molar-refractivity contribution in [2.24, 2.45) is 16.6 Å². The molecule has 1 aliphatic carbocycles. The number of rotatable bonds is 1. The summed E-state index contributed by atoms with van der Waals surface area (Å²) in [5.41, 5.74) is 5.66. The predicted octanol–water partition coefficient (Wildman–Crippen LogP) is 0.456. The SMILES string of the molecule is CN1C=NC2CC(CN)CCC21. The Morgan fingerprint density at radius 2 is 2.42 bits per heavy atom. The van der Waals surface area contributed by atoms with E-state index in [1.54, 1.807) is 0 Å². The van der Waals surface area contributed by atoms with Crippen molar-refractivity contribution in [2.75, 3.05) is 13.6 Å². The van der Waals surface area contributed by atoms with Gasteiger partial charge in [0.05, 0.1) is 18.4 Å². The summed E-state index contributed by atoms with van der Waals surface area (Å²) < 4.78 is 0. The lowest BCUT2D eigenvalue weighted by molar-refractivity contribution is 0.229. The standard InChI is InChI=1S/C9H17N3/c1-12-6-11-8-4-7(5-10)2-3-9(8)12/h6-9H,2-5,10H2,1H3. The van der Waals surface area contributed by atoms with E-state index in [0.717, 1.165) is 12.5 Å². The quantitative estimate of drug-likeness (QED) is 0.616. The van der Waals surface area contributed by atoms with Gasteiger partial charge in [-0.15, -0.1) is 0 Å². The van der Waals surface area contributed by atoms with E-state index in [0.29, 0.717) is 12.1 Å². The first-order chi connectivity index (χ1) is 5.81. The van der Waals surface area contributed by atoms with E-state index in [-0.39, 0.29) is 0 Å². The number of nitrogens with two attached hydrogens (primary N) is 1. The highest BCUT2D eigenvalue weighted by Crippen LogP contribution is 2.30. The van der Waals surface area contributed by atoms with Crippen LogP contribution in [0.2, 0.25) is 0 Å². The molecule has 0 radical (unpaired) electrons. The molecule has 3 unspecified atom stereocenters. The Bertz CT molecular complexity index is 190. The van der Waals surface area contributed by atoms with Crippen LogP contribution in [0, 0.1) is 5.92 Å². The molecule has 0 aromatic rings. The Labute approximate surface area is 73.6 Å². The average molecular weight is 167 g/mol. The number of hydrogen-bond acceptors (Lipinski definition) is 3. The molecule has 0 aromatic carbocycles. The van der Waals surface area contributed by atoms with E-state index in [1.165, 1.54) is 19.3 Å². The molecule has 0 spiro atoms. The van der Waals surface area contributed by atoms with Gasteiger partial charge in [-0.25, -0.2) is 0 Å². The van der Waals surface area contributed by atoms with Gasteiger partial charge in [-0.1, -0.05) is 0 Å². The topological polar surface area (TPSA) is 41.6 Å². The van der Waals surface area contributed by atoms with Gasteiger partial charge in [-0.05, 0) is 31.7 Å². The first kappa shape index (κ1) is 8.05. The molecule has 12 heavy (non-hydrogen) atoms. The van der Waals surface area contributed by atoms with Crippen LogP contribution in [0.25, 0.3) is 0 Å². The van der Waals surface area contributed by atoms with Gasteiger partial charge in [-0.3, -0.25) is 4.99 Å². The molecule has 3 heteroatoms. The van der Waals surface area contributed by atoms with Crippen LogP contribution in [0.15, 0.2) is 4.99 Å². The summed E-state index contributed by atoms with van der Waals surface area (Å²) in [4.78, 5) is 6.73. The van der Waals surface area contributed by atoms with Gasteiger partial charge >= 0.3 is 0 Å². The number of fused-ring (bicyclic) bond motifs is 1. The molecule has 0 aromatic heterocycles. The van der Waals surface area contributed by atoms with E-state index >= 15 is 0 Å². The van der Waals surface area contributed by atoms with Crippen LogP contribution in [0.5, 0.6) is 0 Å². The van der Waals surface area contributed by atoms with Gasteiger partial charge in [-0.2, -0.15) is 0 Å². The molecule has 0 saturated heterocycles. The van der Waals surface area contributed by atoms with E-state index in [9.17, 15) is 0 Å². The highest BCUT2D eigenvalue weighted by molar-refractivity contribution is 5.58. The van der Waals surface area contributed by atoms with E-state index in [1.807, 2.05) is 6.34 Å². The van der Waals surface area contributed by atoms with Crippen molar-refractivity contribution in [2.45, 2.75) is 31.3 Å². The minimum Gasteiger partial charge on any atom is -0.361 e. The first-order valence-corrected chi connectivity index (χ1v) is 4.76. The highest BCUT2D eigenvalue weighted by atomic mass is 15.2. The second-order valence-corrected chi connectivity index (χ2v) is 3.98. The van der Waals surface area contributed by atoms with Gasteiger partial charge in [0.2, 0.25) is 0 Å². The molecule has 2 aliphatic rings. The predicted molar refractivity (Wildman–Crippen MR) is 50.2 cm³/mol. The minimum atomic E-state index is 0.539. The maximum absolute atomic E-state index is 5.66. The maximum Gasteiger partial charge on any atom is 0.0854 e. The fourth-order valence-electron chi connectivity index (χ4n) is 2.34. The molecule has 1 heterocycles. The van der Waals surface area contributed by atoms with Crippen LogP contribution >= 0.6 is 0 Å². The van der Waals surface area contributed by atoms with Crippen LogP contribution in [0.3, 0.4) is 0 Å². The molecule has 3 atom stereocenters. The van der Waals surface area contributed by atoms with Crippen molar-refractivity contribution < 1.29 is 0 Å². The van der Waals surface area contributed by atoms with E-state index in [2.05, 4.69) is 16.9 Å². The lowest BCUT2D eigenvalue weighted by Gasteiger charge is -2.33. The first-order valence-electron chi connectivity index (χ1n) is 4.76. The fourth-order valence-corrected chi connectivity index (χ4v) is 2.34. The smallest absolute Gasteiger partial charge is 0.0854 e. The minimum absolute atomic E-state index is 0.539. The summed E-state index contributed by atoms with van der Waals surface area (Å²) in [7, 11) is 2.12. The van der Waals surface area contributed by atoms with E-state index < -0.39 is 0 Å². The summed E-state index contributed by atoms with van der Waals surface area (Å²) in [6.45, 7) is 0.836. The van der Waals surface area contributed by atoms with Crippen molar-refractivity contribution in [3.8, 4) is 0 Å². The van der Waals surface area contributed by atoms with Crippen LogP contribution < -0.4 is 5.73 Å². The lowest BCUT2D eigenvalue weighted by Crippen LogP contribution is -2.40. The Morgan fingerprint density at radius 1 is 1.58 bits per heavy atom. The van der Waals surface area contributed by atoms with Gasteiger partial charge in [0.15, 0.2) is 0 Å². The second-order valence-electron chi connectivity index (χ2n) is 3.98. The molecule has 2 rings (SSSR count). The third-order valence-electron chi connectivity index (χ3n) is 3.19. The molecule has 68 valence electrons. The van der Waals surface area contributed by atoms with Gasteiger partial charge in [0.25, 0.3) is 0 Å². The van der Waals surface area contributed by atoms with Crippen LogP contribution in [0.1, 0.15) is 19.3 Å². The van der Waals surface area contributed by atoms with Gasteiger partial charge in [0.1, 0.15) is 0 Å². The summed E-state index contributed by atoms with van der Waals surface area (Å²) in [6, 6.07) is 1.21. The molecule has 3 nitrogen and oxygen atoms in total. The molecular formula is C9H17N3. The maximum atomic E-state index is 5.66. The van der Waals surface area contributed by atoms with Crippen molar-refractivity contribution in [1.29, 1.82) is 0 Å². The Kier molecular flexibility index (Phi) is 2.05. The van der Waals surface area contributed by atoms with Crippen LogP contribution in [-0.2, 0) is 0 Å². The summed E-state index contributed by atoms with van der Waals surface area (Å²) >= 11 is 0. The second kappa shape index (κ2) is 3.05. The van der Waals surface area contributed by atoms with Crippen molar-refractivity contribution in [1.82, 2.24) is 4.90 Å². The third kappa shape index (κ3) is 1.22. The summed E-state index contributed by atoms with van der Waals surface area (Å²) in [5.74, 6) is 0.717. The van der Waals surface area contributed by atoms with Crippen molar-refractivity contribution in [3.05, 3.63) is 0 Å². The van der Waals surface area contributed by atoms with Crippen LogP contribution in [-0.4, -0.2) is 36.9 Å². The number of nitrogens with zero attached hydrogens (tertiary/aromatic N) is 2.